The van der Waals surface area contributed by atoms with E-state index >= 15 is 0 Å². The first-order chi connectivity index (χ1) is 10.2. The molecule has 3 fully saturated rings. The average Bonchev–Trinajstić information content (AvgIpc) is 3.31. The third kappa shape index (κ3) is 3.41. The highest BCUT2D eigenvalue weighted by Gasteiger charge is 2.42. The summed E-state index contributed by atoms with van der Waals surface area (Å²) >= 11 is 0. The Morgan fingerprint density at radius 2 is 1.81 bits per heavy atom. The molecule has 1 heterocycles. The van der Waals surface area contributed by atoms with Crippen molar-refractivity contribution in [3.8, 4) is 0 Å². The van der Waals surface area contributed by atoms with E-state index in [1.807, 2.05) is 4.90 Å². The molecule has 4 heteroatoms. The number of carbonyl (C=O) groups is 2. The standard InChI is InChI=1S/C17H28N2O2/c1-2-3-12-4-8-14(9-5-12)19-11-10-15(20)18-16(17(19)21)13-6-7-13/h12-14,16H,2-11H2,1H3,(H,18,20). The first-order valence-electron chi connectivity index (χ1n) is 8.79. The maximum atomic E-state index is 12.8. The highest BCUT2D eigenvalue weighted by molar-refractivity contribution is 5.90. The number of hydrogen-bond acceptors (Lipinski definition) is 2. The van der Waals surface area contributed by atoms with Crippen LogP contribution in [0.4, 0.5) is 0 Å². The lowest BCUT2D eigenvalue weighted by Crippen LogP contribution is -2.50. The molecule has 1 aliphatic heterocycles. The van der Waals surface area contributed by atoms with E-state index in [0.717, 1.165) is 31.6 Å². The molecule has 2 amide bonds. The van der Waals surface area contributed by atoms with Crippen LogP contribution >= 0.6 is 0 Å². The maximum absolute atomic E-state index is 12.8. The zero-order chi connectivity index (χ0) is 14.8. The molecule has 0 spiro atoms. The van der Waals surface area contributed by atoms with Crippen molar-refractivity contribution >= 4 is 11.8 Å². The van der Waals surface area contributed by atoms with Crippen LogP contribution in [0.15, 0.2) is 0 Å². The van der Waals surface area contributed by atoms with Gasteiger partial charge in [-0.3, -0.25) is 9.59 Å². The van der Waals surface area contributed by atoms with Crippen molar-refractivity contribution < 1.29 is 9.59 Å². The van der Waals surface area contributed by atoms with Gasteiger partial charge in [-0.2, -0.15) is 0 Å². The third-order valence-corrected chi connectivity index (χ3v) is 5.49. The maximum Gasteiger partial charge on any atom is 0.245 e. The molecule has 0 aromatic rings. The topological polar surface area (TPSA) is 49.4 Å². The van der Waals surface area contributed by atoms with Crippen LogP contribution in [-0.4, -0.2) is 35.3 Å². The van der Waals surface area contributed by atoms with E-state index in [2.05, 4.69) is 12.2 Å². The van der Waals surface area contributed by atoms with E-state index < -0.39 is 0 Å². The average molecular weight is 292 g/mol. The monoisotopic (exact) mass is 292 g/mol. The van der Waals surface area contributed by atoms with Gasteiger partial charge in [0.05, 0.1) is 0 Å². The Morgan fingerprint density at radius 3 is 2.43 bits per heavy atom. The third-order valence-electron chi connectivity index (χ3n) is 5.49. The normalized spacial score (nSPS) is 34.5. The summed E-state index contributed by atoms with van der Waals surface area (Å²) in [6, 6.07) is 0.146. The predicted molar refractivity (Wildman–Crippen MR) is 81.6 cm³/mol. The van der Waals surface area contributed by atoms with Crippen LogP contribution in [0.3, 0.4) is 0 Å². The van der Waals surface area contributed by atoms with Crippen molar-refractivity contribution in [3.63, 3.8) is 0 Å². The number of nitrogens with one attached hydrogen (secondary N) is 1. The van der Waals surface area contributed by atoms with Crippen molar-refractivity contribution in [2.75, 3.05) is 6.54 Å². The van der Waals surface area contributed by atoms with Crippen LogP contribution in [0, 0.1) is 11.8 Å². The Balaban J connectivity index is 1.63. The van der Waals surface area contributed by atoms with Crippen molar-refractivity contribution in [3.05, 3.63) is 0 Å². The van der Waals surface area contributed by atoms with Gasteiger partial charge in [-0.15, -0.1) is 0 Å². The van der Waals surface area contributed by atoms with Crippen LogP contribution in [0.1, 0.15) is 64.7 Å². The van der Waals surface area contributed by atoms with Crippen LogP contribution < -0.4 is 5.32 Å². The Labute approximate surface area is 127 Å². The molecule has 4 nitrogen and oxygen atoms in total. The second kappa shape index (κ2) is 6.37. The number of nitrogens with zero attached hydrogens (tertiary/aromatic N) is 1. The van der Waals surface area contributed by atoms with Crippen LogP contribution in [0.5, 0.6) is 0 Å². The summed E-state index contributed by atoms with van der Waals surface area (Å²) in [5.74, 6) is 1.51. The van der Waals surface area contributed by atoms with E-state index in [1.165, 1.54) is 25.7 Å². The smallest absolute Gasteiger partial charge is 0.245 e. The Bertz CT molecular complexity index is 398. The zero-order valence-electron chi connectivity index (χ0n) is 13.1. The molecule has 3 rings (SSSR count). The van der Waals surface area contributed by atoms with Gasteiger partial charge in [0.1, 0.15) is 6.04 Å². The van der Waals surface area contributed by atoms with Crippen molar-refractivity contribution in [2.45, 2.75) is 76.8 Å². The quantitative estimate of drug-likeness (QED) is 0.865. The fourth-order valence-corrected chi connectivity index (χ4v) is 4.08. The molecule has 0 aromatic carbocycles. The second-order valence-electron chi connectivity index (χ2n) is 7.13. The highest BCUT2D eigenvalue weighted by atomic mass is 16.2. The molecule has 118 valence electrons. The lowest BCUT2D eigenvalue weighted by atomic mass is 9.82. The van der Waals surface area contributed by atoms with Gasteiger partial charge < -0.3 is 10.2 Å². The van der Waals surface area contributed by atoms with Crippen molar-refractivity contribution in [1.82, 2.24) is 10.2 Å². The van der Waals surface area contributed by atoms with Crippen LogP contribution in [0.25, 0.3) is 0 Å². The lowest BCUT2D eigenvalue weighted by Gasteiger charge is -2.37. The molecule has 0 bridgehead atoms. The summed E-state index contributed by atoms with van der Waals surface area (Å²) in [4.78, 5) is 26.7. The second-order valence-corrected chi connectivity index (χ2v) is 7.13. The zero-order valence-corrected chi connectivity index (χ0v) is 13.1. The van der Waals surface area contributed by atoms with E-state index in [9.17, 15) is 9.59 Å². The van der Waals surface area contributed by atoms with Crippen LogP contribution in [0.2, 0.25) is 0 Å². The number of carbonyl (C=O) groups excluding carboxylic acids is 2. The molecule has 21 heavy (non-hydrogen) atoms. The Morgan fingerprint density at radius 1 is 1.10 bits per heavy atom. The van der Waals surface area contributed by atoms with E-state index in [4.69, 9.17) is 0 Å². The molecule has 2 saturated carbocycles. The number of amides is 2. The van der Waals surface area contributed by atoms with E-state index in [1.54, 1.807) is 0 Å². The minimum Gasteiger partial charge on any atom is -0.344 e. The minimum atomic E-state index is -0.228. The van der Waals surface area contributed by atoms with Gasteiger partial charge >= 0.3 is 0 Å². The van der Waals surface area contributed by atoms with E-state index in [0.29, 0.717) is 24.9 Å². The van der Waals surface area contributed by atoms with Gasteiger partial charge in [-0.1, -0.05) is 19.8 Å². The first-order valence-corrected chi connectivity index (χ1v) is 8.79. The molecule has 1 N–H and O–H groups in total. The van der Waals surface area contributed by atoms with Crippen LogP contribution in [-0.2, 0) is 9.59 Å². The fraction of sp³-hybridized carbons (Fsp3) is 0.882. The van der Waals surface area contributed by atoms with Gasteiger partial charge in [0.2, 0.25) is 11.8 Å². The van der Waals surface area contributed by atoms with Gasteiger partial charge in [0, 0.05) is 19.0 Å². The molecular formula is C17H28N2O2. The van der Waals surface area contributed by atoms with Crippen molar-refractivity contribution in [2.24, 2.45) is 11.8 Å². The summed E-state index contributed by atoms with van der Waals surface area (Å²) in [5.41, 5.74) is 0. The summed E-state index contributed by atoms with van der Waals surface area (Å²) in [6.45, 7) is 2.87. The lowest BCUT2D eigenvalue weighted by molar-refractivity contribution is -0.137. The minimum absolute atomic E-state index is 0.0578. The molecule has 2 aliphatic carbocycles. The molecule has 3 aliphatic rings. The summed E-state index contributed by atoms with van der Waals surface area (Å²) in [5, 5.41) is 2.96. The Hall–Kier alpha value is -1.06. The predicted octanol–water partition coefficient (Wildman–Crippen LogP) is 2.47. The van der Waals surface area contributed by atoms with Gasteiger partial charge in [0.25, 0.3) is 0 Å². The number of hydrogen-bond donors (Lipinski definition) is 1. The molecule has 1 unspecified atom stereocenters. The molecule has 1 atom stereocenters. The van der Waals surface area contributed by atoms with Gasteiger partial charge in [0.15, 0.2) is 0 Å². The van der Waals surface area contributed by atoms with Crippen molar-refractivity contribution in [1.29, 1.82) is 0 Å². The molecule has 0 radical (unpaired) electrons. The largest absolute Gasteiger partial charge is 0.344 e. The summed E-state index contributed by atoms with van der Waals surface area (Å²) < 4.78 is 0. The highest BCUT2D eigenvalue weighted by Crippen LogP contribution is 2.36. The summed E-state index contributed by atoms with van der Waals surface area (Å²) in [7, 11) is 0. The van der Waals surface area contributed by atoms with Gasteiger partial charge in [-0.25, -0.2) is 0 Å². The number of rotatable bonds is 4. The Kier molecular flexibility index (Phi) is 4.51. The molecular weight excluding hydrogens is 264 g/mol. The first kappa shape index (κ1) is 14.9. The SMILES string of the molecule is CCCC1CCC(N2CCC(=O)NC(C3CC3)C2=O)CC1. The van der Waals surface area contributed by atoms with E-state index in [-0.39, 0.29) is 17.9 Å². The molecule has 1 saturated heterocycles. The molecule has 0 aromatic heterocycles. The van der Waals surface area contributed by atoms with Gasteiger partial charge in [-0.05, 0) is 50.4 Å². The fourth-order valence-electron chi connectivity index (χ4n) is 4.08. The summed E-state index contributed by atoms with van der Waals surface area (Å²) in [6.07, 6.45) is 10.00.